The average molecular weight is 598 g/mol. The van der Waals surface area contributed by atoms with Crippen LogP contribution in [0.3, 0.4) is 0 Å². The standard InChI is InChI=1S/C29H43N9O3S/c1-41-25-18-22(37-13-15-38(16-14-37)42(40)17-5-11-36-12-10-23(39)19-36)8-9-24(25)33-29-34-27-26(30-20-31-27)28(35-29)32-21-6-3-2-4-7-21/h8-9,18,20-21,23,39H,2-7,10-17,19H2,1H3,(H3,30,31,32,33,34,35). The number of imidazole rings is 1. The highest BCUT2D eigenvalue weighted by molar-refractivity contribution is 7.89. The monoisotopic (exact) mass is 597 g/mol. The first-order chi connectivity index (χ1) is 20.6. The summed E-state index contributed by atoms with van der Waals surface area (Å²) in [5.41, 5.74) is 3.29. The Labute approximate surface area is 250 Å². The number of benzene rings is 1. The van der Waals surface area contributed by atoms with Gasteiger partial charge in [-0.15, -0.1) is 4.31 Å². The summed E-state index contributed by atoms with van der Waals surface area (Å²) in [6.07, 6.45) is 9.24. The van der Waals surface area contributed by atoms with Crippen LogP contribution in [0.15, 0.2) is 24.5 Å². The summed E-state index contributed by atoms with van der Waals surface area (Å²) in [6.45, 7) is 5.70. The van der Waals surface area contributed by atoms with Gasteiger partial charge in [0, 0.05) is 68.3 Å². The van der Waals surface area contributed by atoms with E-state index in [9.17, 15) is 9.66 Å². The zero-order valence-corrected chi connectivity index (χ0v) is 25.2. The molecule has 6 rings (SSSR count). The minimum absolute atomic E-state index is 0.201. The largest absolute Gasteiger partial charge is 0.598 e. The number of nitrogens with zero attached hydrogens (tertiary/aromatic N) is 6. The third-order valence-corrected chi connectivity index (χ3v) is 10.2. The van der Waals surface area contributed by atoms with Crippen molar-refractivity contribution in [3.8, 4) is 5.75 Å². The van der Waals surface area contributed by atoms with Gasteiger partial charge in [0.2, 0.25) is 5.95 Å². The van der Waals surface area contributed by atoms with Crippen molar-refractivity contribution >= 4 is 45.7 Å². The van der Waals surface area contributed by atoms with Crippen LogP contribution in [0.5, 0.6) is 5.75 Å². The quantitative estimate of drug-likeness (QED) is 0.242. The molecule has 3 aromatic rings. The molecule has 1 aromatic carbocycles. The van der Waals surface area contributed by atoms with Gasteiger partial charge in [-0.25, -0.2) is 4.98 Å². The van der Waals surface area contributed by atoms with E-state index in [1.807, 2.05) is 12.1 Å². The molecule has 1 saturated carbocycles. The van der Waals surface area contributed by atoms with Crippen LogP contribution in [0, 0.1) is 0 Å². The summed E-state index contributed by atoms with van der Waals surface area (Å²) in [4.78, 5) is 21.6. The minimum atomic E-state index is -0.974. The summed E-state index contributed by atoms with van der Waals surface area (Å²) in [5.74, 6) is 2.61. The second-order valence-electron chi connectivity index (χ2n) is 11.5. The van der Waals surface area contributed by atoms with Crippen molar-refractivity contribution < 1.29 is 14.4 Å². The molecule has 0 bridgehead atoms. The highest BCUT2D eigenvalue weighted by atomic mass is 32.2. The van der Waals surface area contributed by atoms with Crippen LogP contribution < -0.4 is 20.3 Å². The van der Waals surface area contributed by atoms with Gasteiger partial charge < -0.3 is 39.8 Å². The molecule has 12 nitrogen and oxygen atoms in total. The molecule has 228 valence electrons. The Balaban J connectivity index is 1.05. The van der Waals surface area contributed by atoms with Crippen LogP contribution in [-0.4, -0.2) is 110 Å². The normalized spacial score (nSPS) is 21.6. The molecule has 4 N–H and O–H groups in total. The van der Waals surface area contributed by atoms with Crippen LogP contribution >= 0.6 is 0 Å². The van der Waals surface area contributed by atoms with Gasteiger partial charge in [0.05, 0.1) is 38.3 Å². The molecule has 2 aliphatic heterocycles. The van der Waals surface area contributed by atoms with Gasteiger partial charge in [-0.2, -0.15) is 9.97 Å². The first-order valence-electron chi connectivity index (χ1n) is 15.3. The van der Waals surface area contributed by atoms with E-state index in [2.05, 4.69) is 45.8 Å². The molecule has 2 saturated heterocycles. The molecule has 3 fully saturated rings. The lowest BCUT2D eigenvalue weighted by atomic mass is 9.95. The molecular weight excluding hydrogens is 554 g/mol. The predicted molar refractivity (Wildman–Crippen MR) is 167 cm³/mol. The molecule has 13 heteroatoms. The van der Waals surface area contributed by atoms with Gasteiger partial charge in [0.25, 0.3) is 0 Å². The van der Waals surface area contributed by atoms with E-state index in [-0.39, 0.29) is 6.10 Å². The fourth-order valence-electron chi connectivity index (χ4n) is 6.24. The highest BCUT2D eigenvalue weighted by Crippen LogP contribution is 2.33. The van der Waals surface area contributed by atoms with E-state index in [0.717, 1.165) is 94.2 Å². The number of aliphatic hydroxyl groups excluding tert-OH is 1. The Morgan fingerprint density at radius 2 is 1.93 bits per heavy atom. The van der Waals surface area contributed by atoms with Gasteiger partial charge in [0.15, 0.2) is 11.5 Å². The lowest BCUT2D eigenvalue weighted by Crippen LogP contribution is -2.49. The lowest BCUT2D eigenvalue weighted by Gasteiger charge is -2.36. The van der Waals surface area contributed by atoms with Crippen molar-refractivity contribution in [1.82, 2.24) is 29.1 Å². The van der Waals surface area contributed by atoms with E-state index in [1.165, 1.54) is 19.3 Å². The van der Waals surface area contributed by atoms with Crippen LogP contribution in [0.4, 0.5) is 23.1 Å². The number of H-pyrrole nitrogens is 1. The number of fused-ring (bicyclic) bond motifs is 1. The smallest absolute Gasteiger partial charge is 0.231 e. The molecule has 42 heavy (non-hydrogen) atoms. The Morgan fingerprint density at radius 1 is 1.10 bits per heavy atom. The first kappa shape index (κ1) is 29.2. The summed E-state index contributed by atoms with van der Waals surface area (Å²) in [5, 5.41) is 16.7. The number of aliphatic hydroxyl groups is 1. The highest BCUT2D eigenvalue weighted by Gasteiger charge is 2.27. The molecule has 1 aliphatic carbocycles. The number of hydrogen-bond acceptors (Lipinski definition) is 11. The predicted octanol–water partition coefficient (Wildman–Crippen LogP) is 3.09. The maximum atomic E-state index is 12.9. The average Bonchev–Trinajstić information content (AvgIpc) is 3.67. The zero-order valence-electron chi connectivity index (χ0n) is 24.4. The number of likely N-dealkylation sites (tertiary alicyclic amines) is 1. The van der Waals surface area contributed by atoms with E-state index < -0.39 is 11.4 Å². The number of rotatable bonds is 11. The van der Waals surface area contributed by atoms with Crippen LogP contribution in [0.2, 0.25) is 0 Å². The van der Waals surface area contributed by atoms with Crippen molar-refractivity contribution in [3.05, 3.63) is 24.5 Å². The van der Waals surface area contributed by atoms with Crippen molar-refractivity contribution in [3.63, 3.8) is 0 Å². The fraction of sp³-hybridized carbons (Fsp3) is 0.621. The van der Waals surface area contributed by atoms with Gasteiger partial charge in [-0.3, -0.25) is 0 Å². The molecule has 2 aromatic heterocycles. The van der Waals surface area contributed by atoms with Gasteiger partial charge >= 0.3 is 0 Å². The Morgan fingerprint density at radius 3 is 2.69 bits per heavy atom. The maximum absolute atomic E-state index is 12.9. The van der Waals surface area contributed by atoms with Crippen molar-refractivity contribution in [2.75, 3.05) is 74.2 Å². The minimum Gasteiger partial charge on any atom is -0.598 e. The number of nitrogens with one attached hydrogen (secondary N) is 3. The maximum Gasteiger partial charge on any atom is 0.231 e. The van der Waals surface area contributed by atoms with E-state index in [1.54, 1.807) is 13.4 Å². The zero-order chi connectivity index (χ0) is 28.9. The van der Waals surface area contributed by atoms with Crippen LogP contribution in [-0.2, 0) is 11.4 Å². The number of β-amino-alcohol motifs (C(OH)–C–C–N with tert-alkyl or cyclic N) is 1. The number of aromatic amines is 1. The lowest BCUT2D eigenvalue weighted by molar-refractivity contribution is 0.176. The van der Waals surface area contributed by atoms with Crippen molar-refractivity contribution in [2.45, 2.75) is 57.1 Å². The first-order valence-corrected chi connectivity index (χ1v) is 16.5. The Hall–Kier alpha value is -2.84. The summed E-state index contributed by atoms with van der Waals surface area (Å²) < 4.78 is 20.8. The summed E-state index contributed by atoms with van der Waals surface area (Å²) in [7, 11) is 1.67. The Kier molecular flexibility index (Phi) is 9.49. The second kappa shape index (κ2) is 13.6. The van der Waals surface area contributed by atoms with Crippen LogP contribution in [0.25, 0.3) is 11.2 Å². The number of piperazine rings is 1. The summed E-state index contributed by atoms with van der Waals surface area (Å²) in [6, 6.07) is 6.52. The topological polar surface area (TPSA) is 141 Å². The third-order valence-electron chi connectivity index (χ3n) is 8.59. The second-order valence-corrected chi connectivity index (χ2v) is 13.1. The SMILES string of the molecule is COc1cc(N2CCN([S+]([O-])CCCN3CCC(O)C3)CC2)ccc1Nc1nc(NC2CCCCC2)c2nc[nH]c2n1. The third kappa shape index (κ3) is 7.03. The molecule has 4 heterocycles. The number of aromatic nitrogens is 4. The molecule has 0 radical (unpaired) electrons. The number of anilines is 4. The van der Waals surface area contributed by atoms with Crippen molar-refractivity contribution in [1.29, 1.82) is 0 Å². The van der Waals surface area contributed by atoms with E-state index in [0.29, 0.717) is 29.1 Å². The molecule has 2 atom stereocenters. The molecular formula is C29H43N9O3S. The van der Waals surface area contributed by atoms with Crippen LogP contribution in [0.1, 0.15) is 44.9 Å². The van der Waals surface area contributed by atoms with E-state index >= 15 is 0 Å². The van der Waals surface area contributed by atoms with E-state index in [4.69, 9.17) is 9.72 Å². The number of methoxy groups -OCH3 is 1. The Bertz CT molecular complexity index is 1310. The summed E-state index contributed by atoms with van der Waals surface area (Å²) >= 11 is -0.974. The number of hydrogen-bond donors (Lipinski definition) is 4. The van der Waals surface area contributed by atoms with Gasteiger partial charge in [-0.05, 0) is 31.4 Å². The molecule has 0 spiro atoms. The molecule has 0 amide bonds. The van der Waals surface area contributed by atoms with Crippen molar-refractivity contribution in [2.24, 2.45) is 0 Å². The molecule has 2 unspecified atom stereocenters. The van der Waals surface area contributed by atoms with Gasteiger partial charge in [-0.1, -0.05) is 19.3 Å². The molecule has 3 aliphatic rings. The number of ether oxygens (including phenoxy) is 1. The van der Waals surface area contributed by atoms with Gasteiger partial charge in [0.1, 0.15) is 17.0 Å². The fourth-order valence-corrected chi connectivity index (χ4v) is 7.44.